The monoisotopic (exact) mass is 1470 g/mol. The molecule has 0 rings (SSSR count). The van der Waals surface area contributed by atoms with Crippen molar-refractivity contribution in [1.29, 1.82) is 0 Å². The highest BCUT2D eigenvalue weighted by atomic mass is 31.2. The number of aliphatic hydroxyl groups is 1. The van der Waals surface area contributed by atoms with Crippen LogP contribution < -0.4 is 0 Å². The van der Waals surface area contributed by atoms with E-state index in [1.54, 1.807) is 0 Å². The van der Waals surface area contributed by atoms with Gasteiger partial charge < -0.3 is 33.8 Å². The number of carbonyl (C=O) groups excluding carboxylic acids is 4. The summed E-state index contributed by atoms with van der Waals surface area (Å²) in [6.45, 7) is 12.0. The van der Waals surface area contributed by atoms with Gasteiger partial charge >= 0.3 is 39.5 Å². The summed E-state index contributed by atoms with van der Waals surface area (Å²) in [7, 11) is -9.92. The van der Waals surface area contributed by atoms with Crippen LogP contribution in [0.25, 0.3) is 0 Å². The van der Waals surface area contributed by atoms with E-state index in [1.807, 2.05) is 0 Å². The van der Waals surface area contributed by atoms with Crippen LogP contribution in [0.15, 0.2) is 0 Å². The second-order valence-corrected chi connectivity index (χ2v) is 33.3. The number of unbranched alkanes of at least 4 members (excludes halogenated alkanes) is 46. The number of rotatable bonds is 79. The minimum atomic E-state index is -4.96. The second kappa shape index (κ2) is 71.3. The van der Waals surface area contributed by atoms with Gasteiger partial charge in [-0.2, -0.15) is 0 Å². The number of phosphoric acid groups is 2. The molecule has 0 amide bonds. The lowest BCUT2D eigenvalue weighted by molar-refractivity contribution is -0.161. The van der Waals surface area contributed by atoms with Crippen molar-refractivity contribution >= 4 is 39.5 Å². The molecule has 0 aromatic carbocycles. The van der Waals surface area contributed by atoms with E-state index in [1.165, 1.54) is 225 Å². The Bertz CT molecular complexity index is 1940. The molecule has 19 heteroatoms. The second-order valence-electron chi connectivity index (χ2n) is 30.4. The van der Waals surface area contributed by atoms with E-state index in [0.717, 1.165) is 114 Å². The maximum atomic E-state index is 13.1. The quantitative estimate of drug-likeness (QED) is 0.0222. The minimum absolute atomic E-state index is 0.107. The average molecular weight is 1470 g/mol. The zero-order valence-corrected chi connectivity index (χ0v) is 67.5. The Kier molecular flexibility index (Phi) is 69.9. The Morgan fingerprint density at radius 1 is 0.290 bits per heavy atom. The van der Waals surface area contributed by atoms with Crippen molar-refractivity contribution in [2.45, 2.75) is 439 Å². The Morgan fingerprint density at radius 2 is 0.510 bits per heavy atom. The van der Waals surface area contributed by atoms with Crippen molar-refractivity contribution in [2.75, 3.05) is 39.6 Å². The fourth-order valence-corrected chi connectivity index (χ4v) is 14.0. The molecule has 0 heterocycles. The van der Waals surface area contributed by atoms with Gasteiger partial charge in [-0.25, -0.2) is 9.13 Å². The molecule has 6 atom stereocenters. The van der Waals surface area contributed by atoms with E-state index >= 15 is 0 Å². The van der Waals surface area contributed by atoms with Gasteiger partial charge in [0, 0.05) is 25.7 Å². The van der Waals surface area contributed by atoms with Crippen molar-refractivity contribution in [3.8, 4) is 0 Å². The van der Waals surface area contributed by atoms with Gasteiger partial charge in [0.15, 0.2) is 12.2 Å². The summed E-state index contributed by atoms with van der Waals surface area (Å²) in [5.74, 6) is 0.229. The molecule has 0 bridgehead atoms. The van der Waals surface area contributed by atoms with Crippen LogP contribution in [0.3, 0.4) is 0 Å². The van der Waals surface area contributed by atoms with Crippen LogP contribution in [-0.2, 0) is 65.4 Å². The molecule has 3 N–H and O–H groups in total. The highest BCUT2D eigenvalue weighted by molar-refractivity contribution is 7.47. The molecule has 100 heavy (non-hydrogen) atoms. The first-order valence-electron chi connectivity index (χ1n) is 41.9. The Labute approximate surface area is 613 Å². The summed E-state index contributed by atoms with van der Waals surface area (Å²) >= 11 is 0. The van der Waals surface area contributed by atoms with Crippen LogP contribution >= 0.6 is 15.6 Å². The molecule has 0 aliphatic rings. The molecule has 0 fully saturated rings. The maximum Gasteiger partial charge on any atom is 0.472 e. The van der Waals surface area contributed by atoms with Crippen LogP contribution in [0.5, 0.6) is 0 Å². The number of hydrogen-bond donors (Lipinski definition) is 3. The summed E-state index contributed by atoms with van der Waals surface area (Å²) in [4.78, 5) is 73.0. The number of hydrogen-bond acceptors (Lipinski definition) is 15. The van der Waals surface area contributed by atoms with Crippen molar-refractivity contribution in [3.63, 3.8) is 0 Å². The Balaban J connectivity index is 5.24. The normalized spacial score (nSPS) is 14.2. The van der Waals surface area contributed by atoms with Gasteiger partial charge in [0.25, 0.3) is 0 Å². The molecule has 594 valence electrons. The first-order valence-corrected chi connectivity index (χ1v) is 44.9. The molecule has 0 aromatic heterocycles. The predicted octanol–water partition coefficient (Wildman–Crippen LogP) is 24.1. The summed E-state index contributed by atoms with van der Waals surface area (Å²) in [5, 5.41) is 10.6. The molecule has 0 saturated carbocycles. The van der Waals surface area contributed by atoms with Crippen LogP contribution in [0.2, 0.25) is 0 Å². The smallest absolute Gasteiger partial charge is 0.462 e. The van der Waals surface area contributed by atoms with Crippen LogP contribution in [0.1, 0.15) is 421 Å². The van der Waals surface area contributed by atoms with E-state index in [2.05, 4.69) is 48.5 Å². The number of esters is 4. The fraction of sp³-hybridized carbons (Fsp3) is 0.951. The summed E-state index contributed by atoms with van der Waals surface area (Å²) in [6, 6.07) is 0. The molecule has 0 aromatic rings. The van der Waals surface area contributed by atoms with Gasteiger partial charge in [-0.1, -0.05) is 370 Å². The van der Waals surface area contributed by atoms with E-state index in [4.69, 9.17) is 37.0 Å². The molecule has 3 unspecified atom stereocenters. The molecule has 17 nitrogen and oxygen atoms in total. The molecule has 0 aliphatic heterocycles. The fourth-order valence-electron chi connectivity index (χ4n) is 12.5. The third kappa shape index (κ3) is 73.0. The summed E-state index contributed by atoms with van der Waals surface area (Å²) in [6.07, 6.45) is 59.6. The van der Waals surface area contributed by atoms with Crippen molar-refractivity contribution in [1.82, 2.24) is 0 Å². The summed E-state index contributed by atoms with van der Waals surface area (Å²) in [5.41, 5.74) is 0. The zero-order chi connectivity index (χ0) is 73.7. The highest BCUT2D eigenvalue weighted by Crippen LogP contribution is 2.45. The number of carbonyl (C=O) groups is 4. The first-order chi connectivity index (χ1) is 48.3. The third-order valence-corrected chi connectivity index (χ3v) is 21.1. The lowest BCUT2D eigenvalue weighted by Crippen LogP contribution is -2.30. The zero-order valence-electron chi connectivity index (χ0n) is 65.7. The molecule has 0 saturated heterocycles. The van der Waals surface area contributed by atoms with Crippen molar-refractivity contribution in [3.05, 3.63) is 0 Å². The lowest BCUT2D eigenvalue weighted by Gasteiger charge is -2.21. The van der Waals surface area contributed by atoms with Crippen molar-refractivity contribution in [2.24, 2.45) is 17.8 Å². The molecular weight excluding hydrogens is 1310 g/mol. The van der Waals surface area contributed by atoms with E-state index < -0.39 is 97.5 Å². The largest absolute Gasteiger partial charge is 0.472 e. The number of phosphoric ester groups is 2. The average Bonchev–Trinajstić information content (AvgIpc) is 0.967. The highest BCUT2D eigenvalue weighted by Gasteiger charge is 2.30. The van der Waals surface area contributed by atoms with Crippen LogP contribution in [0.4, 0.5) is 0 Å². The SMILES string of the molecule is CCCCCCCCCCCCCCCCC(=O)O[C@H](COC(=O)CCCCCCCCC(C)CC)COP(=O)(O)OC[C@H](O)COP(=O)(O)OC[C@@H](COC(=O)CCCCCCCCCCCCCCCCCC(C)C)OC(=O)CCCCCCCCCCCCCCCCCC(C)C. The van der Waals surface area contributed by atoms with Gasteiger partial charge in [-0.15, -0.1) is 0 Å². The van der Waals surface area contributed by atoms with Gasteiger partial charge in [0.05, 0.1) is 26.4 Å². The third-order valence-electron chi connectivity index (χ3n) is 19.2. The van der Waals surface area contributed by atoms with Gasteiger partial charge in [-0.05, 0) is 43.4 Å². The van der Waals surface area contributed by atoms with Gasteiger partial charge in [0.2, 0.25) is 0 Å². The van der Waals surface area contributed by atoms with Crippen LogP contribution in [-0.4, -0.2) is 96.7 Å². The minimum Gasteiger partial charge on any atom is -0.462 e. The standard InChI is InChI=1S/C81H158O17P2/c1-8-10-11-12-13-14-15-16-25-31-36-41-50-57-64-81(86)98-77(69-92-79(84)63-56-49-44-43-47-54-61-74(7)9-2)71-96-100(89,90)94-67-75(82)66-93-99(87,88)95-70-76(97-80(85)65-58-51-42-37-32-27-22-18-20-24-29-34-39-46-53-60-73(5)6)68-91-78(83)62-55-48-40-35-30-26-21-17-19-23-28-33-38-45-52-59-72(3)4/h72-77,82H,8-71H2,1-7H3,(H,87,88)(H,89,90)/t74?,75-,76-,77-/m1/s1. The Morgan fingerprint density at radius 3 is 0.760 bits per heavy atom. The van der Waals surface area contributed by atoms with Gasteiger partial charge in [-0.3, -0.25) is 37.3 Å². The molecule has 0 aliphatic carbocycles. The summed E-state index contributed by atoms with van der Waals surface area (Å²) < 4.78 is 68.7. The number of ether oxygens (including phenoxy) is 4. The number of aliphatic hydroxyl groups excluding tert-OH is 1. The van der Waals surface area contributed by atoms with Crippen molar-refractivity contribution < 1.29 is 80.2 Å². The topological polar surface area (TPSA) is 237 Å². The molecule has 0 spiro atoms. The predicted molar refractivity (Wildman–Crippen MR) is 409 cm³/mol. The van der Waals surface area contributed by atoms with Gasteiger partial charge in [0.1, 0.15) is 19.3 Å². The molecular formula is C81H158O17P2. The van der Waals surface area contributed by atoms with Crippen LogP contribution in [0, 0.1) is 17.8 Å². The van der Waals surface area contributed by atoms with E-state index in [-0.39, 0.29) is 25.7 Å². The Hall–Kier alpha value is -1.94. The van der Waals surface area contributed by atoms with E-state index in [0.29, 0.717) is 25.7 Å². The maximum absolute atomic E-state index is 13.1. The molecule has 0 radical (unpaired) electrons. The van der Waals surface area contributed by atoms with E-state index in [9.17, 15) is 43.2 Å². The first kappa shape index (κ1) is 98.1. The lowest BCUT2D eigenvalue weighted by atomic mass is 10.00.